The molecule has 2 N–H and O–H groups in total. The minimum atomic E-state index is 0.0242. The van der Waals surface area contributed by atoms with Gasteiger partial charge in [-0.05, 0) is 36.4 Å². The van der Waals surface area contributed by atoms with Gasteiger partial charge in [-0.1, -0.05) is 6.07 Å². The average molecular weight is 285 g/mol. The maximum Gasteiger partial charge on any atom is 0.226 e. The second-order valence-electron chi connectivity index (χ2n) is 4.74. The van der Waals surface area contributed by atoms with E-state index in [4.69, 9.17) is 10.5 Å². The summed E-state index contributed by atoms with van der Waals surface area (Å²) in [5.41, 5.74) is 7.15. The molecule has 5 nitrogen and oxygen atoms in total. The first-order valence-corrected chi connectivity index (χ1v) is 6.77. The highest BCUT2D eigenvalue weighted by molar-refractivity contribution is 5.75. The monoisotopic (exact) mass is 285 g/mol. The summed E-state index contributed by atoms with van der Waals surface area (Å²) in [6.45, 7) is 0.844. The number of ether oxygens (including phenoxy) is 1. The average Bonchev–Trinajstić information content (AvgIpc) is 2.50. The van der Waals surface area contributed by atoms with Gasteiger partial charge in [0, 0.05) is 18.9 Å². The van der Waals surface area contributed by atoms with Crippen molar-refractivity contribution in [3.63, 3.8) is 0 Å². The van der Waals surface area contributed by atoms with Gasteiger partial charge in [-0.25, -0.2) is 0 Å². The number of carbonyl (C=O) groups is 1. The van der Waals surface area contributed by atoms with Crippen molar-refractivity contribution in [3.05, 3.63) is 54.4 Å². The molecule has 1 heterocycles. The van der Waals surface area contributed by atoms with Crippen molar-refractivity contribution in [2.24, 2.45) is 0 Å². The number of nitrogen functional groups attached to an aromatic ring is 1. The molecular weight excluding hydrogens is 266 g/mol. The maximum atomic E-state index is 12.0. The zero-order valence-corrected chi connectivity index (χ0v) is 12.0. The van der Waals surface area contributed by atoms with E-state index in [0.29, 0.717) is 31.0 Å². The van der Waals surface area contributed by atoms with E-state index in [9.17, 15) is 4.79 Å². The largest absolute Gasteiger partial charge is 0.493 e. The number of nitrogens with two attached hydrogens (primary N) is 1. The molecule has 2 aromatic rings. The Bertz CT molecular complexity index is 570. The third-order valence-electron chi connectivity index (χ3n) is 3.02. The number of pyridine rings is 1. The molecule has 0 unspecified atom stereocenters. The second kappa shape index (κ2) is 7.28. The Morgan fingerprint density at radius 1 is 1.24 bits per heavy atom. The molecule has 0 atom stereocenters. The van der Waals surface area contributed by atoms with Gasteiger partial charge in [0.1, 0.15) is 5.75 Å². The molecule has 0 aliphatic heterocycles. The summed E-state index contributed by atoms with van der Waals surface area (Å²) < 4.78 is 5.51. The molecule has 21 heavy (non-hydrogen) atoms. The minimum Gasteiger partial charge on any atom is -0.493 e. The lowest BCUT2D eigenvalue weighted by molar-refractivity contribution is -0.131. The van der Waals surface area contributed by atoms with Crippen LogP contribution in [0.1, 0.15) is 12.1 Å². The molecule has 2 rings (SSSR count). The van der Waals surface area contributed by atoms with Gasteiger partial charge in [-0.15, -0.1) is 0 Å². The Morgan fingerprint density at radius 2 is 2.00 bits per heavy atom. The van der Waals surface area contributed by atoms with E-state index in [1.54, 1.807) is 42.4 Å². The van der Waals surface area contributed by atoms with Crippen molar-refractivity contribution in [3.8, 4) is 5.75 Å². The van der Waals surface area contributed by atoms with Crippen LogP contribution in [0.2, 0.25) is 0 Å². The van der Waals surface area contributed by atoms with Gasteiger partial charge in [0.15, 0.2) is 0 Å². The van der Waals surface area contributed by atoms with Gasteiger partial charge < -0.3 is 15.4 Å². The minimum absolute atomic E-state index is 0.0242. The van der Waals surface area contributed by atoms with Crippen LogP contribution in [0.5, 0.6) is 5.75 Å². The summed E-state index contributed by atoms with van der Waals surface area (Å²) in [6, 6.07) is 12.8. The van der Waals surface area contributed by atoms with E-state index < -0.39 is 0 Å². The van der Waals surface area contributed by atoms with Crippen molar-refractivity contribution >= 4 is 11.6 Å². The number of anilines is 1. The van der Waals surface area contributed by atoms with Crippen molar-refractivity contribution in [1.29, 1.82) is 0 Å². The van der Waals surface area contributed by atoms with Gasteiger partial charge >= 0.3 is 0 Å². The summed E-state index contributed by atoms with van der Waals surface area (Å²) in [4.78, 5) is 17.8. The molecule has 5 heteroatoms. The Kier molecular flexibility index (Phi) is 5.15. The summed E-state index contributed by atoms with van der Waals surface area (Å²) in [5, 5.41) is 0. The Balaban J connectivity index is 1.75. The zero-order valence-electron chi connectivity index (χ0n) is 12.0. The van der Waals surface area contributed by atoms with E-state index in [0.717, 1.165) is 5.69 Å². The number of hydrogen-bond donors (Lipinski definition) is 1. The molecular formula is C16H19N3O2. The number of rotatable bonds is 6. The van der Waals surface area contributed by atoms with Gasteiger partial charge in [0.05, 0.1) is 25.3 Å². The van der Waals surface area contributed by atoms with Crippen LogP contribution in [0.3, 0.4) is 0 Å². The highest BCUT2D eigenvalue weighted by Gasteiger charge is 2.09. The Labute approximate surface area is 124 Å². The summed E-state index contributed by atoms with van der Waals surface area (Å²) >= 11 is 0. The van der Waals surface area contributed by atoms with Crippen LogP contribution >= 0.6 is 0 Å². The van der Waals surface area contributed by atoms with Crippen molar-refractivity contribution in [1.82, 2.24) is 9.88 Å². The second-order valence-corrected chi connectivity index (χ2v) is 4.74. The first-order chi connectivity index (χ1) is 10.1. The van der Waals surface area contributed by atoms with E-state index in [1.165, 1.54) is 0 Å². The summed E-state index contributed by atoms with van der Waals surface area (Å²) in [6.07, 6.45) is 2.05. The number of nitrogens with zero attached hydrogens (tertiary/aromatic N) is 2. The fraction of sp³-hybridized carbons (Fsp3) is 0.250. The molecule has 0 saturated carbocycles. The lowest BCUT2D eigenvalue weighted by atomic mass is 10.3. The summed E-state index contributed by atoms with van der Waals surface area (Å²) in [5.74, 6) is 0.737. The van der Waals surface area contributed by atoms with Gasteiger partial charge in [0.2, 0.25) is 5.91 Å². The fourth-order valence-corrected chi connectivity index (χ4v) is 1.83. The van der Waals surface area contributed by atoms with Crippen LogP contribution < -0.4 is 10.5 Å². The van der Waals surface area contributed by atoms with Crippen molar-refractivity contribution in [2.45, 2.75) is 13.0 Å². The number of carbonyl (C=O) groups excluding carboxylic acids is 1. The van der Waals surface area contributed by atoms with Gasteiger partial charge in [-0.2, -0.15) is 0 Å². The van der Waals surface area contributed by atoms with E-state index in [1.807, 2.05) is 18.2 Å². The molecule has 1 aromatic heterocycles. The van der Waals surface area contributed by atoms with Crippen LogP contribution in [-0.2, 0) is 11.3 Å². The third-order valence-corrected chi connectivity index (χ3v) is 3.02. The molecule has 1 aromatic carbocycles. The number of aromatic nitrogens is 1. The molecule has 1 amide bonds. The van der Waals surface area contributed by atoms with E-state index >= 15 is 0 Å². The lowest BCUT2D eigenvalue weighted by Gasteiger charge is -2.16. The SMILES string of the molecule is CN(Cc1ccccn1)C(=O)CCOc1ccc(N)cc1. The van der Waals surface area contributed by atoms with Crippen molar-refractivity contribution < 1.29 is 9.53 Å². The molecule has 0 bridgehead atoms. The molecule has 0 fully saturated rings. The zero-order chi connectivity index (χ0) is 15.1. The maximum absolute atomic E-state index is 12.0. The molecule has 0 aliphatic rings. The van der Waals surface area contributed by atoms with Gasteiger partial charge in [-0.3, -0.25) is 9.78 Å². The first-order valence-electron chi connectivity index (χ1n) is 6.77. The van der Waals surface area contributed by atoms with Crippen LogP contribution in [0, 0.1) is 0 Å². The number of amides is 1. The van der Waals surface area contributed by atoms with Crippen LogP contribution in [0.4, 0.5) is 5.69 Å². The quantitative estimate of drug-likeness (QED) is 0.825. The predicted molar refractivity (Wildman–Crippen MR) is 81.7 cm³/mol. The molecule has 110 valence electrons. The lowest BCUT2D eigenvalue weighted by Crippen LogP contribution is -2.27. The number of benzene rings is 1. The van der Waals surface area contributed by atoms with Crippen LogP contribution in [-0.4, -0.2) is 29.4 Å². The molecule has 0 aliphatic carbocycles. The van der Waals surface area contributed by atoms with Gasteiger partial charge in [0.25, 0.3) is 0 Å². The van der Waals surface area contributed by atoms with E-state index in [-0.39, 0.29) is 5.91 Å². The standard InChI is InChI=1S/C16H19N3O2/c1-19(12-14-4-2-3-10-18-14)16(20)9-11-21-15-7-5-13(17)6-8-15/h2-8,10H,9,11-12,17H2,1H3. The Hall–Kier alpha value is -2.56. The summed E-state index contributed by atoms with van der Waals surface area (Å²) in [7, 11) is 1.76. The molecule has 0 radical (unpaired) electrons. The fourth-order valence-electron chi connectivity index (χ4n) is 1.83. The smallest absolute Gasteiger partial charge is 0.226 e. The highest BCUT2D eigenvalue weighted by Crippen LogP contribution is 2.13. The van der Waals surface area contributed by atoms with Crippen molar-refractivity contribution in [2.75, 3.05) is 19.4 Å². The number of hydrogen-bond acceptors (Lipinski definition) is 4. The normalized spacial score (nSPS) is 10.1. The Morgan fingerprint density at radius 3 is 2.67 bits per heavy atom. The van der Waals surface area contributed by atoms with Crippen LogP contribution in [0.25, 0.3) is 0 Å². The molecule has 0 saturated heterocycles. The first kappa shape index (κ1) is 14.8. The van der Waals surface area contributed by atoms with E-state index in [2.05, 4.69) is 4.98 Å². The van der Waals surface area contributed by atoms with Crippen LogP contribution in [0.15, 0.2) is 48.7 Å². The predicted octanol–water partition coefficient (Wildman–Crippen LogP) is 2.09. The third kappa shape index (κ3) is 4.80. The highest BCUT2D eigenvalue weighted by atomic mass is 16.5. The molecule has 0 spiro atoms. The topological polar surface area (TPSA) is 68.5 Å².